The number of rotatable bonds is 17. The first-order chi connectivity index (χ1) is 18.4. The van der Waals surface area contributed by atoms with Gasteiger partial charge in [0.1, 0.15) is 17.3 Å². The lowest BCUT2D eigenvalue weighted by Crippen LogP contribution is -2.46. The minimum atomic E-state index is -4.76. The number of nitrogens with one attached hydrogen (secondary N) is 2. The van der Waals surface area contributed by atoms with Crippen LogP contribution in [0.3, 0.4) is 0 Å². The maximum atomic E-state index is 13.2. The molecule has 0 radical (unpaired) electrons. The Morgan fingerprint density at radius 1 is 0.775 bits per heavy atom. The largest absolute Gasteiger partial charge is 0.524 e. The van der Waals surface area contributed by atoms with Gasteiger partial charge >= 0.3 is 7.82 Å². The fourth-order valence-corrected chi connectivity index (χ4v) is 4.18. The van der Waals surface area contributed by atoms with E-state index in [2.05, 4.69) is 15.2 Å². The van der Waals surface area contributed by atoms with Gasteiger partial charge in [0, 0.05) is 37.0 Å². The minimum Gasteiger partial charge on any atom is -0.404 e. The molecule has 2 amide bonds. The summed E-state index contributed by atoms with van der Waals surface area (Å²) in [6, 6.07) is 3.70. The van der Waals surface area contributed by atoms with Gasteiger partial charge in [-0.25, -0.2) is 4.57 Å². The molecule has 1 aromatic rings. The van der Waals surface area contributed by atoms with Crippen molar-refractivity contribution < 1.29 is 47.6 Å². The molecule has 0 aliphatic carbocycles. The van der Waals surface area contributed by atoms with E-state index in [1.807, 2.05) is 0 Å². The van der Waals surface area contributed by atoms with Crippen LogP contribution in [0.15, 0.2) is 24.3 Å². The second kappa shape index (κ2) is 15.5. The Balaban J connectivity index is 3.06. The molecule has 0 fully saturated rings. The van der Waals surface area contributed by atoms with E-state index < -0.39 is 55.3 Å². The summed E-state index contributed by atoms with van der Waals surface area (Å²) >= 11 is 0. The highest BCUT2D eigenvalue weighted by Gasteiger charge is 2.29. The molecule has 13 heteroatoms. The number of carbonyl (C=O) groups is 6. The zero-order chi connectivity index (χ0) is 30.8. The van der Waals surface area contributed by atoms with Crippen molar-refractivity contribution in [2.24, 2.45) is 17.8 Å². The number of amides is 2. The number of hydrogen-bond acceptors (Lipinski definition) is 8. The van der Waals surface area contributed by atoms with E-state index in [0.717, 1.165) is 0 Å². The predicted molar refractivity (Wildman–Crippen MR) is 145 cm³/mol. The van der Waals surface area contributed by atoms with Gasteiger partial charge in [0.2, 0.25) is 11.8 Å². The van der Waals surface area contributed by atoms with E-state index in [1.54, 1.807) is 13.8 Å². The normalized spacial score (nSPS) is 15.1. The van der Waals surface area contributed by atoms with Gasteiger partial charge in [0.15, 0.2) is 11.6 Å². The molecule has 40 heavy (non-hydrogen) atoms. The van der Waals surface area contributed by atoms with Crippen molar-refractivity contribution in [2.75, 3.05) is 0 Å². The van der Waals surface area contributed by atoms with Crippen LogP contribution in [0.4, 0.5) is 0 Å². The van der Waals surface area contributed by atoms with Gasteiger partial charge in [-0.2, -0.15) is 0 Å². The quantitative estimate of drug-likeness (QED) is 0.198. The third-order valence-electron chi connectivity index (χ3n) is 6.37. The monoisotopic (exact) mass is 582 g/mol. The average Bonchev–Trinajstić information content (AvgIpc) is 2.82. The molecule has 0 bridgehead atoms. The molecule has 1 rings (SSSR count). The maximum Gasteiger partial charge on any atom is 0.524 e. The summed E-state index contributed by atoms with van der Waals surface area (Å²) in [5, 5.41) is 5.17. The fraction of sp³-hybridized carbons (Fsp3) is 0.556. The molecule has 12 nitrogen and oxygen atoms in total. The van der Waals surface area contributed by atoms with Gasteiger partial charge in [-0.1, -0.05) is 26.0 Å². The number of ketones is 4. The number of phosphoric acid groups is 1. The van der Waals surface area contributed by atoms with Crippen LogP contribution in [-0.4, -0.2) is 56.8 Å². The molecule has 0 heterocycles. The van der Waals surface area contributed by atoms with Gasteiger partial charge in [0.05, 0.1) is 12.1 Å². The molecule has 0 saturated heterocycles. The maximum absolute atomic E-state index is 13.2. The number of benzene rings is 1. The third-order valence-corrected chi connectivity index (χ3v) is 6.82. The van der Waals surface area contributed by atoms with Crippen LogP contribution in [0, 0.1) is 17.8 Å². The first-order valence-corrected chi connectivity index (χ1v) is 14.4. The summed E-state index contributed by atoms with van der Waals surface area (Å²) in [7, 11) is -4.76. The van der Waals surface area contributed by atoms with Crippen molar-refractivity contribution in [3.05, 3.63) is 29.8 Å². The average molecular weight is 583 g/mol. The number of phosphoric ester groups is 1. The Bertz CT molecular complexity index is 1140. The lowest BCUT2D eigenvalue weighted by atomic mass is 9.90. The Morgan fingerprint density at radius 3 is 1.75 bits per heavy atom. The van der Waals surface area contributed by atoms with Crippen LogP contribution in [0.25, 0.3) is 0 Å². The Labute approximate surface area is 233 Å². The molecule has 0 unspecified atom stereocenters. The highest BCUT2D eigenvalue weighted by molar-refractivity contribution is 7.46. The molecule has 0 aromatic heterocycles. The summed E-state index contributed by atoms with van der Waals surface area (Å²) in [6.45, 7) is 8.87. The van der Waals surface area contributed by atoms with E-state index >= 15 is 0 Å². The predicted octanol–water partition coefficient (Wildman–Crippen LogP) is 2.08. The van der Waals surface area contributed by atoms with Crippen molar-refractivity contribution in [1.82, 2.24) is 10.6 Å². The van der Waals surface area contributed by atoms with Crippen molar-refractivity contribution >= 4 is 42.8 Å². The Hall–Kier alpha value is -3.21. The van der Waals surface area contributed by atoms with Crippen molar-refractivity contribution in [1.29, 1.82) is 0 Å². The number of hydrogen-bond donors (Lipinski definition) is 4. The summed E-state index contributed by atoms with van der Waals surface area (Å²) in [6.07, 6.45) is -0.295. The SMILES string of the molecule is CC(=O)C[C@@H](C)C(=O)N[C@@H](C)C(=O)C[C@@H](Cc1ccc(OP(=O)(O)O)cc1)C(=O)N[C@@H](C)C(=O)C[C@@H](C)C(C)=O. The standard InChI is InChI=1S/C27H39N2O10P/c1-15(20(6)31)12-24(32)18(4)29-27(35)22(13-21-7-9-23(10-8-21)39-40(36,37)38)14-25(33)19(5)28-26(34)16(2)11-17(3)30/h7-10,15-16,18-19,22H,11-14H2,1-6H3,(H,28,34)(H,29,35)(H2,36,37,38)/t15-,16-,18+,19+,22-/m1/s1. The topological polar surface area (TPSA) is 193 Å². The number of Topliss-reactive ketones (excluding diaryl/α,β-unsaturated/α-hetero) is 4. The van der Waals surface area contributed by atoms with Crippen molar-refractivity contribution in [2.45, 2.75) is 79.3 Å². The van der Waals surface area contributed by atoms with Crippen LogP contribution in [0.1, 0.15) is 66.4 Å². The van der Waals surface area contributed by atoms with Crippen LogP contribution >= 0.6 is 7.82 Å². The molecule has 4 N–H and O–H groups in total. The molecule has 0 saturated carbocycles. The van der Waals surface area contributed by atoms with Crippen molar-refractivity contribution in [3.8, 4) is 5.75 Å². The van der Waals surface area contributed by atoms with E-state index in [1.165, 1.54) is 52.0 Å². The third kappa shape index (κ3) is 12.8. The van der Waals surface area contributed by atoms with Crippen LogP contribution < -0.4 is 15.2 Å². The zero-order valence-electron chi connectivity index (χ0n) is 23.6. The summed E-state index contributed by atoms with van der Waals surface area (Å²) in [5.41, 5.74) is 0.543. The fourth-order valence-electron chi connectivity index (χ4n) is 3.78. The van der Waals surface area contributed by atoms with Crippen molar-refractivity contribution in [3.63, 3.8) is 0 Å². The molecule has 5 atom stereocenters. The van der Waals surface area contributed by atoms with Gasteiger partial charge in [0.25, 0.3) is 0 Å². The first-order valence-electron chi connectivity index (χ1n) is 12.9. The molecule has 1 aromatic carbocycles. The Morgan fingerprint density at radius 2 is 1.27 bits per heavy atom. The van der Waals surface area contributed by atoms with E-state index in [-0.39, 0.29) is 48.8 Å². The van der Waals surface area contributed by atoms with E-state index in [9.17, 15) is 33.3 Å². The molecule has 0 aliphatic rings. The van der Waals surface area contributed by atoms with Crippen LogP contribution in [0.2, 0.25) is 0 Å². The summed E-state index contributed by atoms with van der Waals surface area (Å²) in [4.78, 5) is 91.9. The Kier molecular flexibility index (Phi) is 13.5. The lowest BCUT2D eigenvalue weighted by molar-refractivity contribution is -0.134. The summed E-state index contributed by atoms with van der Waals surface area (Å²) in [5.74, 6) is -4.39. The lowest BCUT2D eigenvalue weighted by Gasteiger charge is -2.22. The molecule has 0 aliphatic heterocycles. The van der Waals surface area contributed by atoms with Gasteiger partial charge in [-0.3, -0.25) is 33.8 Å². The first kappa shape index (κ1) is 34.8. The van der Waals surface area contributed by atoms with E-state index in [4.69, 9.17) is 9.79 Å². The second-order valence-electron chi connectivity index (χ2n) is 10.2. The van der Waals surface area contributed by atoms with Crippen LogP contribution in [0.5, 0.6) is 5.75 Å². The molecular weight excluding hydrogens is 543 g/mol. The second-order valence-corrected chi connectivity index (χ2v) is 11.4. The highest BCUT2D eigenvalue weighted by Crippen LogP contribution is 2.37. The van der Waals surface area contributed by atoms with Gasteiger partial charge in [-0.15, -0.1) is 0 Å². The van der Waals surface area contributed by atoms with Gasteiger partial charge < -0.3 is 20.0 Å². The van der Waals surface area contributed by atoms with Gasteiger partial charge in [-0.05, 0) is 51.8 Å². The van der Waals surface area contributed by atoms with Crippen LogP contribution in [-0.2, 0) is 39.8 Å². The highest BCUT2D eigenvalue weighted by atomic mass is 31.2. The zero-order valence-corrected chi connectivity index (χ0v) is 24.5. The summed E-state index contributed by atoms with van der Waals surface area (Å²) < 4.78 is 15.6. The minimum absolute atomic E-state index is 0.0215. The molecule has 0 spiro atoms. The molecule has 222 valence electrons. The smallest absolute Gasteiger partial charge is 0.404 e. The molecular formula is C27H39N2O10P. The van der Waals surface area contributed by atoms with E-state index in [0.29, 0.717) is 5.56 Å². The number of carbonyl (C=O) groups excluding carboxylic acids is 6.